The summed E-state index contributed by atoms with van der Waals surface area (Å²) in [5.74, 6) is -0.234. The molecule has 1 rings (SSSR count). The van der Waals surface area contributed by atoms with Crippen molar-refractivity contribution in [2.75, 3.05) is 11.9 Å². The summed E-state index contributed by atoms with van der Waals surface area (Å²) >= 11 is 0. The SMILES string of the molecule is CCCNc1ccc(F)cc1CN. The topological polar surface area (TPSA) is 38.0 Å². The third-order valence-corrected chi connectivity index (χ3v) is 1.85. The van der Waals surface area contributed by atoms with Crippen molar-refractivity contribution >= 4 is 5.69 Å². The van der Waals surface area contributed by atoms with Gasteiger partial charge in [0.2, 0.25) is 0 Å². The van der Waals surface area contributed by atoms with Crippen LogP contribution in [0.15, 0.2) is 18.2 Å². The first-order valence-corrected chi connectivity index (χ1v) is 4.50. The first-order valence-electron chi connectivity index (χ1n) is 4.50. The van der Waals surface area contributed by atoms with Crippen LogP contribution in [0.5, 0.6) is 0 Å². The molecule has 0 saturated carbocycles. The van der Waals surface area contributed by atoms with Crippen LogP contribution >= 0.6 is 0 Å². The highest BCUT2D eigenvalue weighted by atomic mass is 19.1. The number of benzene rings is 1. The molecule has 13 heavy (non-hydrogen) atoms. The van der Waals surface area contributed by atoms with Gasteiger partial charge >= 0.3 is 0 Å². The minimum atomic E-state index is -0.234. The van der Waals surface area contributed by atoms with E-state index in [1.54, 1.807) is 6.07 Å². The highest BCUT2D eigenvalue weighted by molar-refractivity contribution is 5.51. The van der Waals surface area contributed by atoms with Crippen molar-refractivity contribution in [3.63, 3.8) is 0 Å². The number of nitrogens with two attached hydrogens (primary N) is 1. The molecule has 0 atom stereocenters. The van der Waals surface area contributed by atoms with E-state index in [0.29, 0.717) is 6.54 Å². The van der Waals surface area contributed by atoms with Crippen LogP contribution in [-0.2, 0) is 6.54 Å². The number of anilines is 1. The van der Waals surface area contributed by atoms with Crippen LogP contribution in [-0.4, -0.2) is 6.54 Å². The lowest BCUT2D eigenvalue weighted by Gasteiger charge is -2.09. The maximum atomic E-state index is 12.8. The minimum Gasteiger partial charge on any atom is -0.385 e. The molecule has 3 heteroatoms. The number of rotatable bonds is 4. The summed E-state index contributed by atoms with van der Waals surface area (Å²) in [6.07, 6.45) is 1.04. The third kappa shape index (κ3) is 2.70. The van der Waals surface area contributed by atoms with Crippen LogP contribution in [0.4, 0.5) is 10.1 Å². The van der Waals surface area contributed by atoms with Gasteiger partial charge in [0.15, 0.2) is 0 Å². The summed E-state index contributed by atoms with van der Waals surface area (Å²) in [5, 5.41) is 3.19. The lowest BCUT2D eigenvalue weighted by atomic mass is 10.1. The fourth-order valence-electron chi connectivity index (χ4n) is 1.16. The first-order chi connectivity index (χ1) is 6.27. The molecule has 0 aliphatic heterocycles. The Morgan fingerprint density at radius 2 is 2.23 bits per heavy atom. The van der Waals surface area contributed by atoms with Gasteiger partial charge in [0, 0.05) is 18.8 Å². The van der Waals surface area contributed by atoms with Gasteiger partial charge in [0.25, 0.3) is 0 Å². The van der Waals surface area contributed by atoms with E-state index in [1.807, 2.05) is 0 Å². The summed E-state index contributed by atoms with van der Waals surface area (Å²) in [5.41, 5.74) is 7.25. The van der Waals surface area contributed by atoms with Gasteiger partial charge in [0.05, 0.1) is 0 Å². The van der Waals surface area contributed by atoms with E-state index >= 15 is 0 Å². The van der Waals surface area contributed by atoms with Crippen molar-refractivity contribution in [3.8, 4) is 0 Å². The fraction of sp³-hybridized carbons (Fsp3) is 0.400. The molecule has 0 saturated heterocycles. The zero-order valence-corrected chi connectivity index (χ0v) is 7.81. The molecule has 0 aliphatic carbocycles. The van der Waals surface area contributed by atoms with Crippen LogP contribution in [0.25, 0.3) is 0 Å². The van der Waals surface area contributed by atoms with Crippen LogP contribution in [0.1, 0.15) is 18.9 Å². The molecule has 3 N–H and O–H groups in total. The molecule has 0 spiro atoms. The Kier molecular flexibility index (Phi) is 3.71. The molecular formula is C10H15FN2. The van der Waals surface area contributed by atoms with Gasteiger partial charge in [-0.1, -0.05) is 6.92 Å². The van der Waals surface area contributed by atoms with Gasteiger partial charge in [-0.15, -0.1) is 0 Å². The molecule has 2 nitrogen and oxygen atoms in total. The van der Waals surface area contributed by atoms with E-state index in [0.717, 1.165) is 24.2 Å². The van der Waals surface area contributed by atoms with Crippen LogP contribution in [0.3, 0.4) is 0 Å². The van der Waals surface area contributed by atoms with Gasteiger partial charge in [-0.3, -0.25) is 0 Å². The summed E-state index contributed by atoms with van der Waals surface area (Å²) in [7, 11) is 0. The molecule has 0 fully saturated rings. The van der Waals surface area contributed by atoms with Gasteiger partial charge in [-0.2, -0.15) is 0 Å². The zero-order valence-electron chi connectivity index (χ0n) is 7.81. The summed E-state index contributed by atoms with van der Waals surface area (Å²) in [6, 6.07) is 4.64. The lowest BCUT2D eigenvalue weighted by Crippen LogP contribution is -2.06. The van der Waals surface area contributed by atoms with Crippen molar-refractivity contribution in [1.82, 2.24) is 0 Å². The second-order valence-corrected chi connectivity index (χ2v) is 2.93. The van der Waals surface area contributed by atoms with Gasteiger partial charge in [0.1, 0.15) is 5.82 Å². The van der Waals surface area contributed by atoms with Gasteiger partial charge in [-0.05, 0) is 30.2 Å². The number of hydrogen-bond acceptors (Lipinski definition) is 2. The zero-order chi connectivity index (χ0) is 9.68. The van der Waals surface area contributed by atoms with Crippen molar-refractivity contribution in [3.05, 3.63) is 29.6 Å². The molecule has 0 bridgehead atoms. The monoisotopic (exact) mass is 182 g/mol. The van der Waals surface area contributed by atoms with Crippen molar-refractivity contribution in [2.45, 2.75) is 19.9 Å². The fourth-order valence-corrected chi connectivity index (χ4v) is 1.16. The normalized spacial score (nSPS) is 10.1. The van der Waals surface area contributed by atoms with E-state index < -0.39 is 0 Å². The predicted octanol–water partition coefficient (Wildman–Crippen LogP) is 2.11. The molecule has 0 unspecified atom stereocenters. The summed E-state index contributed by atoms with van der Waals surface area (Å²) in [6.45, 7) is 3.33. The second-order valence-electron chi connectivity index (χ2n) is 2.93. The second kappa shape index (κ2) is 4.82. The highest BCUT2D eigenvalue weighted by Crippen LogP contribution is 2.16. The van der Waals surface area contributed by atoms with Crippen LogP contribution in [0, 0.1) is 5.82 Å². The Balaban J connectivity index is 2.79. The Morgan fingerprint density at radius 3 is 2.85 bits per heavy atom. The molecule has 0 aliphatic rings. The average molecular weight is 182 g/mol. The van der Waals surface area contributed by atoms with Crippen molar-refractivity contribution in [2.24, 2.45) is 5.73 Å². The van der Waals surface area contributed by atoms with Crippen LogP contribution < -0.4 is 11.1 Å². The quantitative estimate of drug-likeness (QED) is 0.748. The molecule has 0 heterocycles. The van der Waals surface area contributed by atoms with Crippen molar-refractivity contribution in [1.29, 1.82) is 0 Å². The first kappa shape index (κ1) is 9.99. The van der Waals surface area contributed by atoms with Crippen molar-refractivity contribution < 1.29 is 4.39 Å². The Morgan fingerprint density at radius 1 is 1.46 bits per heavy atom. The van der Waals surface area contributed by atoms with E-state index in [-0.39, 0.29) is 5.82 Å². The largest absolute Gasteiger partial charge is 0.385 e. The molecular weight excluding hydrogens is 167 g/mol. The number of halogens is 1. The van der Waals surface area contributed by atoms with E-state index in [2.05, 4.69) is 12.2 Å². The van der Waals surface area contributed by atoms with Gasteiger partial charge < -0.3 is 11.1 Å². The van der Waals surface area contributed by atoms with E-state index in [4.69, 9.17) is 5.73 Å². The standard InChI is InChI=1S/C10H15FN2/c1-2-5-13-10-4-3-9(11)6-8(10)7-12/h3-4,6,13H,2,5,7,12H2,1H3. The average Bonchev–Trinajstić information content (AvgIpc) is 2.16. The minimum absolute atomic E-state index is 0.234. The number of nitrogens with one attached hydrogen (secondary N) is 1. The maximum absolute atomic E-state index is 12.8. The van der Waals surface area contributed by atoms with Crippen LogP contribution in [0.2, 0.25) is 0 Å². The van der Waals surface area contributed by atoms with E-state index in [1.165, 1.54) is 12.1 Å². The predicted molar refractivity (Wildman–Crippen MR) is 53.1 cm³/mol. The summed E-state index contributed by atoms with van der Waals surface area (Å²) < 4.78 is 12.8. The number of hydrogen-bond donors (Lipinski definition) is 2. The smallest absolute Gasteiger partial charge is 0.123 e. The Labute approximate surface area is 77.9 Å². The molecule has 0 amide bonds. The molecule has 1 aromatic rings. The Bertz CT molecular complexity index is 274. The molecule has 72 valence electrons. The molecule has 0 radical (unpaired) electrons. The van der Waals surface area contributed by atoms with Gasteiger partial charge in [-0.25, -0.2) is 4.39 Å². The molecule has 1 aromatic carbocycles. The lowest BCUT2D eigenvalue weighted by molar-refractivity contribution is 0.625. The van der Waals surface area contributed by atoms with E-state index in [9.17, 15) is 4.39 Å². The highest BCUT2D eigenvalue weighted by Gasteiger charge is 2.00. The summed E-state index contributed by atoms with van der Waals surface area (Å²) in [4.78, 5) is 0. The Hall–Kier alpha value is -1.09. The third-order valence-electron chi connectivity index (χ3n) is 1.85. The maximum Gasteiger partial charge on any atom is 0.123 e. The molecule has 0 aromatic heterocycles.